The molecule has 6 heteroatoms. The molecule has 0 radical (unpaired) electrons. The fourth-order valence-corrected chi connectivity index (χ4v) is 3.06. The first-order valence-electron chi connectivity index (χ1n) is 6.54. The SMILES string of the molecule is CC1CCN(Cc2ccc(OC(F)(F)F)cc2)C1CCl. The summed E-state index contributed by atoms with van der Waals surface area (Å²) < 4.78 is 40.0. The van der Waals surface area contributed by atoms with Crippen molar-refractivity contribution < 1.29 is 17.9 Å². The van der Waals surface area contributed by atoms with E-state index >= 15 is 0 Å². The molecule has 0 bridgehead atoms. The molecule has 20 heavy (non-hydrogen) atoms. The Balaban J connectivity index is 1.97. The van der Waals surface area contributed by atoms with Crippen molar-refractivity contribution >= 4 is 11.6 Å². The van der Waals surface area contributed by atoms with Crippen LogP contribution in [0.5, 0.6) is 5.75 Å². The summed E-state index contributed by atoms with van der Waals surface area (Å²) in [7, 11) is 0. The maximum absolute atomic E-state index is 12.1. The van der Waals surface area contributed by atoms with Crippen LogP contribution < -0.4 is 4.74 Å². The van der Waals surface area contributed by atoms with Gasteiger partial charge in [-0.3, -0.25) is 4.90 Å². The normalized spacial score (nSPS) is 24.1. The van der Waals surface area contributed by atoms with Gasteiger partial charge in [0.15, 0.2) is 0 Å². The summed E-state index contributed by atoms with van der Waals surface area (Å²) in [4.78, 5) is 2.28. The molecule has 0 spiro atoms. The van der Waals surface area contributed by atoms with Crippen molar-refractivity contribution in [2.75, 3.05) is 12.4 Å². The maximum atomic E-state index is 12.1. The van der Waals surface area contributed by atoms with Gasteiger partial charge in [-0.25, -0.2) is 0 Å². The van der Waals surface area contributed by atoms with E-state index < -0.39 is 6.36 Å². The number of halogens is 4. The largest absolute Gasteiger partial charge is 0.573 e. The lowest BCUT2D eigenvalue weighted by Crippen LogP contribution is -2.33. The summed E-state index contributed by atoms with van der Waals surface area (Å²) in [6.45, 7) is 3.85. The lowest BCUT2D eigenvalue weighted by atomic mass is 10.0. The zero-order valence-corrected chi connectivity index (χ0v) is 11.9. The molecular weight excluding hydrogens is 291 g/mol. The Labute approximate surface area is 121 Å². The third kappa shape index (κ3) is 4.03. The Morgan fingerprint density at radius 3 is 2.50 bits per heavy atom. The van der Waals surface area contributed by atoms with Crippen LogP contribution in [0.4, 0.5) is 13.2 Å². The molecule has 0 N–H and O–H groups in total. The van der Waals surface area contributed by atoms with Gasteiger partial charge in [0.25, 0.3) is 0 Å². The predicted octanol–water partition coefficient (Wildman–Crippen LogP) is 4.03. The van der Waals surface area contributed by atoms with Crippen LogP contribution in [-0.2, 0) is 6.54 Å². The Morgan fingerprint density at radius 1 is 1.30 bits per heavy atom. The minimum absolute atomic E-state index is 0.190. The quantitative estimate of drug-likeness (QED) is 0.779. The lowest BCUT2D eigenvalue weighted by molar-refractivity contribution is -0.274. The summed E-state index contributed by atoms with van der Waals surface area (Å²) in [5.74, 6) is 0.946. The highest BCUT2D eigenvalue weighted by molar-refractivity contribution is 6.18. The molecule has 2 nitrogen and oxygen atoms in total. The van der Waals surface area contributed by atoms with Gasteiger partial charge in [0, 0.05) is 18.5 Å². The van der Waals surface area contributed by atoms with Gasteiger partial charge in [0.05, 0.1) is 0 Å². The number of benzene rings is 1. The summed E-state index contributed by atoms with van der Waals surface area (Å²) in [6, 6.07) is 6.35. The molecule has 1 aliphatic rings. The molecule has 112 valence electrons. The smallest absolute Gasteiger partial charge is 0.406 e. The summed E-state index contributed by atoms with van der Waals surface area (Å²) in [5.41, 5.74) is 0.962. The van der Waals surface area contributed by atoms with Gasteiger partial charge in [-0.1, -0.05) is 19.1 Å². The topological polar surface area (TPSA) is 12.5 Å². The fraction of sp³-hybridized carbons (Fsp3) is 0.571. The van der Waals surface area contributed by atoms with E-state index in [0.29, 0.717) is 24.4 Å². The monoisotopic (exact) mass is 307 g/mol. The van der Waals surface area contributed by atoms with Gasteiger partial charge in [-0.15, -0.1) is 24.8 Å². The van der Waals surface area contributed by atoms with Crippen LogP contribution >= 0.6 is 11.6 Å². The Bertz CT molecular complexity index is 435. The summed E-state index contributed by atoms with van der Waals surface area (Å²) in [5, 5.41) is 0. The van der Waals surface area contributed by atoms with Crippen molar-refractivity contribution in [1.82, 2.24) is 4.90 Å². The van der Waals surface area contributed by atoms with Crippen LogP contribution in [0.2, 0.25) is 0 Å². The molecule has 1 aromatic rings. The highest BCUT2D eigenvalue weighted by Crippen LogP contribution is 2.27. The number of ether oxygens (including phenoxy) is 1. The third-order valence-corrected chi connectivity index (χ3v) is 4.01. The average molecular weight is 308 g/mol. The maximum Gasteiger partial charge on any atom is 0.573 e. The minimum atomic E-state index is -4.64. The number of hydrogen-bond donors (Lipinski definition) is 0. The molecule has 1 aromatic carbocycles. The van der Waals surface area contributed by atoms with Crippen LogP contribution in [0, 0.1) is 5.92 Å². The van der Waals surface area contributed by atoms with Crippen molar-refractivity contribution in [3.63, 3.8) is 0 Å². The van der Waals surface area contributed by atoms with Gasteiger partial charge in [0.1, 0.15) is 5.75 Å². The molecule has 1 heterocycles. The molecule has 0 saturated carbocycles. The van der Waals surface area contributed by atoms with Crippen LogP contribution in [0.25, 0.3) is 0 Å². The predicted molar refractivity (Wildman–Crippen MR) is 71.8 cm³/mol. The van der Waals surface area contributed by atoms with E-state index in [9.17, 15) is 13.2 Å². The van der Waals surface area contributed by atoms with E-state index in [4.69, 9.17) is 11.6 Å². The van der Waals surface area contributed by atoms with Crippen molar-refractivity contribution in [3.05, 3.63) is 29.8 Å². The second-order valence-corrected chi connectivity index (χ2v) is 5.46. The van der Waals surface area contributed by atoms with E-state index in [0.717, 1.165) is 18.5 Å². The Kier molecular flexibility index (Phi) is 4.81. The molecule has 0 amide bonds. The van der Waals surface area contributed by atoms with Crippen LogP contribution in [0.1, 0.15) is 18.9 Å². The second-order valence-electron chi connectivity index (χ2n) is 5.15. The Morgan fingerprint density at radius 2 is 1.95 bits per heavy atom. The van der Waals surface area contributed by atoms with E-state index in [1.807, 2.05) is 0 Å². The highest BCUT2D eigenvalue weighted by Gasteiger charge is 2.31. The number of nitrogens with zero attached hydrogens (tertiary/aromatic N) is 1. The van der Waals surface area contributed by atoms with Gasteiger partial charge in [-0.2, -0.15) is 0 Å². The van der Waals surface area contributed by atoms with Crippen molar-refractivity contribution in [1.29, 1.82) is 0 Å². The molecule has 1 aliphatic heterocycles. The Hall–Kier alpha value is -0.940. The fourth-order valence-electron chi connectivity index (χ4n) is 2.56. The minimum Gasteiger partial charge on any atom is -0.406 e. The standard InChI is InChI=1S/C14H17ClF3NO/c1-10-6-7-19(13(10)8-15)9-11-2-4-12(5-3-11)20-14(16,17)18/h2-5,10,13H,6-9H2,1H3. The van der Waals surface area contributed by atoms with Crippen molar-refractivity contribution in [2.24, 2.45) is 5.92 Å². The van der Waals surface area contributed by atoms with Crippen molar-refractivity contribution in [2.45, 2.75) is 32.3 Å². The van der Waals surface area contributed by atoms with Crippen LogP contribution in [-0.4, -0.2) is 29.7 Å². The zero-order chi connectivity index (χ0) is 14.8. The van der Waals surface area contributed by atoms with Crippen molar-refractivity contribution in [3.8, 4) is 5.75 Å². The van der Waals surface area contributed by atoms with Crippen LogP contribution in [0.3, 0.4) is 0 Å². The first kappa shape index (κ1) is 15.4. The second kappa shape index (κ2) is 6.22. The van der Waals surface area contributed by atoms with E-state index in [-0.39, 0.29) is 5.75 Å². The number of alkyl halides is 4. The molecule has 0 aliphatic carbocycles. The first-order chi connectivity index (χ1) is 9.39. The molecule has 1 fully saturated rings. The molecule has 2 unspecified atom stereocenters. The molecule has 2 atom stereocenters. The summed E-state index contributed by atoms with van der Waals surface area (Å²) in [6.07, 6.45) is -3.54. The van der Waals surface area contributed by atoms with Gasteiger partial charge < -0.3 is 4.74 Å². The number of hydrogen-bond acceptors (Lipinski definition) is 2. The number of rotatable bonds is 4. The van der Waals surface area contributed by atoms with Gasteiger partial charge >= 0.3 is 6.36 Å². The van der Waals surface area contributed by atoms with E-state index in [1.165, 1.54) is 12.1 Å². The van der Waals surface area contributed by atoms with Gasteiger partial charge in [0.2, 0.25) is 0 Å². The average Bonchev–Trinajstić information content (AvgIpc) is 2.70. The lowest BCUT2D eigenvalue weighted by Gasteiger charge is -2.25. The van der Waals surface area contributed by atoms with E-state index in [2.05, 4.69) is 16.6 Å². The molecule has 0 aromatic heterocycles. The van der Waals surface area contributed by atoms with Crippen LogP contribution in [0.15, 0.2) is 24.3 Å². The molecular formula is C14H17ClF3NO. The molecule has 1 saturated heterocycles. The zero-order valence-electron chi connectivity index (χ0n) is 11.2. The van der Waals surface area contributed by atoms with Gasteiger partial charge in [-0.05, 0) is 36.6 Å². The van der Waals surface area contributed by atoms with E-state index in [1.54, 1.807) is 12.1 Å². The molecule has 2 rings (SSSR count). The summed E-state index contributed by atoms with van der Waals surface area (Å²) >= 11 is 5.97. The first-order valence-corrected chi connectivity index (χ1v) is 7.07. The number of likely N-dealkylation sites (tertiary alicyclic amines) is 1. The third-order valence-electron chi connectivity index (χ3n) is 3.70. The highest BCUT2D eigenvalue weighted by atomic mass is 35.5.